The van der Waals surface area contributed by atoms with Gasteiger partial charge in [0, 0.05) is 23.4 Å². The van der Waals surface area contributed by atoms with Crippen molar-refractivity contribution in [2.45, 2.75) is 54.3 Å². The number of halogens is 3. The van der Waals surface area contributed by atoms with Crippen LogP contribution in [-0.4, -0.2) is 59.2 Å². The number of hydrogen-bond donors (Lipinski definition) is 1. The SMILES string of the molecule is C=C(C(=O)N1CCCCC1C(=O)O)c1ccc(SC2COCC(Cc3ccccc3)O2)cc1C(F)(F)F. The normalized spacial score (nSPS) is 22.5. The fourth-order valence-electron chi connectivity index (χ4n) is 4.60. The number of alkyl halides is 3. The quantitative estimate of drug-likeness (QED) is 0.488. The van der Waals surface area contributed by atoms with E-state index in [0.29, 0.717) is 30.8 Å². The first-order chi connectivity index (χ1) is 17.6. The Bertz CT molecular complexity index is 1140. The molecule has 2 aliphatic heterocycles. The molecule has 6 nitrogen and oxygen atoms in total. The predicted octanol–water partition coefficient (Wildman–Crippen LogP) is 5.26. The smallest absolute Gasteiger partial charge is 0.417 e. The molecular formula is C27H28F3NO5S. The number of ether oxygens (including phenoxy) is 2. The number of carboxylic acids is 1. The van der Waals surface area contributed by atoms with Gasteiger partial charge < -0.3 is 19.5 Å². The summed E-state index contributed by atoms with van der Waals surface area (Å²) in [5.74, 6) is -1.98. The number of carboxylic acid groups (broad SMARTS) is 1. The molecular weight excluding hydrogens is 507 g/mol. The van der Waals surface area contributed by atoms with Crippen LogP contribution in [0.2, 0.25) is 0 Å². The molecule has 2 saturated heterocycles. The number of carbonyl (C=O) groups is 2. The summed E-state index contributed by atoms with van der Waals surface area (Å²) in [7, 11) is 0. The van der Waals surface area contributed by atoms with Crippen molar-refractivity contribution in [2.75, 3.05) is 19.8 Å². The summed E-state index contributed by atoms with van der Waals surface area (Å²) >= 11 is 1.12. The molecule has 2 aromatic rings. The number of likely N-dealkylation sites (tertiary alicyclic amines) is 1. The summed E-state index contributed by atoms with van der Waals surface area (Å²) in [4.78, 5) is 26.0. The summed E-state index contributed by atoms with van der Waals surface area (Å²) in [5.41, 5.74) is -1.16. The van der Waals surface area contributed by atoms with Crippen molar-refractivity contribution in [1.82, 2.24) is 4.90 Å². The highest BCUT2D eigenvalue weighted by Crippen LogP contribution is 2.39. The van der Waals surface area contributed by atoms with Crippen LogP contribution in [0.25, 0.3) is 5.57 Å². The van der Waals surface area contributed by atoms with Crippen molar-refractivity contribution in [3.63, 3.8) is 0 Å². The molecule has 2 aromatic carbocycles. The number of hydrogen-bond acceptors (Lipinski definition) is 5. The Kier molecular flexibility index (Phi) is 8.61. The van der Waals surface area contributed by atoms with E-state index >= 15 is 0 Å². The molecule has 0 saturated carbocycles. The molecule has 0 aromatic heterocycles. The molecule has 1 N–H and O–H groups in total. The Hall–Kier alpha value is -2.82. The summed E-state index contributed by atoms with van der Waals surface area (Å²) in [6, 6.07) is 12.3. The zero-order valence-corrected chi connectivity index (χ0v) is 20.9. The fraction of sp³-hybridized carbons (Fsp3) is 0.407. The van der Waals surface area contributed by atoms with Gasteiger partial charge in [-0.15, -0.1) is 0 Å². The van der Waals surface area contributed by atoms with E-state index in [1.54, 1.807) is 0 Å². The van der Waals surface area contributed by atoms with E-state index in [2.05, 4.69) is 6.58 Å². The van der Waals surface area contributed by atoms with Gasteiger partial charge in [-0.2, -0.15) is 13.2 Å². The van der Waals surface area contributed by atoms with Crippen molar-refractivity contribution in [3.05, 3.63) is 71.8 Å². The van der Waals surface area contributed by atoms with Gasteiger partial charge >= 0.3 is 12.1 Å². The molecule has 3 unspecified atom stereocenters. The highest BCUT2D eigenvalue weighted by atomic mass is 32.2. The van der Waals surface area contributed by atoms with Crippen LogP contribution in [0.4, 0.5) is 13.2 Å². The number of nitrogens with zero attached hydrogens (tertiary/aromatic N) is 1. The monoisotopic (exact) mass is 535 g/mol. The zero-order chi connectivity index (χ0) is 26.6. The number of aliphatic carboxylic acids is 1. The Morgan fingerprint density at radius 2 is 1.86 bits per heavy atom. The lowest BCUT2D eigenvalue weighted by Crippen LogP contribution is -2.48. The minimum absolute atomic E-state index is 0.160. The maximum atomic E-state index is 14.1. The molecule has 198 valence electrons. The number of benzene rings is 2. The first-order valence-corrected chi connectivity index (χ1v) is 12.9. The summed E-state index contributed by atoms with van der Waals surface area (Å²) in [6.07, 6.45) is -2.88. The number of piperidine rings is 1. The molecule has 0 spiro atoms. The third-order valence-corrected chi connectivity index (χ3v) is 7.44. The first-order valence-electron chi connectivity index (χ1n) is 12.0. The van der Waals surface area contributed by atoms with Gasteiger partial charge in [0.05, 0.1) is 24.9 Å². The van der Waals surface area contributed by atoms with Gasteiger partial charge in [0.25, 0.3) is 5.91 Å². The fourth-order valence-corrected chi connectivity index (χ4v) is 5.61. The van der Waals surface area contributed by atoms with Gasteiger partial charge in [-0.1, -0.05) is 54.7 Å². The topological polar surface area (TPSA) is 76.1 Å². The van der Waals surface area contributed by atoms with E-state index < -0.39 is 35.1 Å². The van der Waals surface area contributed by atoms with Crippen LogP contribution in [0.15, 0.2) is 60.0 Å². The molecule has 0 bridgehead atoms. The molecule has 4 rings (SSSR count). The molecule has 10 heteroatoms. The van der Waals surface area contributed by atoms with Crippen molar-refractivity contribution in [2.24, 2.45) is 0 Å². The standard InChI is InChI=1S/C27H28F3NO5S/c1-17(25(32)31-12-6-5-9-23(31)26(33)34)21-11-10-20(14-22(21)27(28,29)30)37-24-16-35-15-19(36-24)13-18-7-3-2-4-8-18/h2-4,7-8,10-11,14,19,23-24H,1,5-6,9,12-13,15-16H2,(H,33,34). The number of carbonyl (C=O) groups excluding carboxylic acids is 1. The van der Waals surface area contributed by atoms with Crippen LogP contribution in [-0.2, 0) is 31.7 Å². The summed E-state index contributed by atoms with van der Waals surface area (Å²) in [5, 5.41) is 9.46. The minimum Gasteiger partial charge on any atom is -0.480 e. The summed E-state index contributed by atoms with van der Waals surface area (Å²) in [6.45, 7) is 4.42. The van der Waals surface area contributed by atoms with Crippen LogP contribution in [0.5, 0.6) is 0 Å². The Morgan fingerprint density at radius 1 is 1.11 bits per heavy atom. The molecule has 3 atom stereocenters. The third kappa shape index (κ3) is 6.74. The van der Waals surface area contributed by atoms with Crippen molar-refractivity contribution in [3.8, 4) is 0 Å². The molecule has 37 heavy (non-hydrogen) atoms. The van der Waals surface area contributed by atoms with E-state index in [4.69, 9.17) is 9.47 Å². The predicted molar refractivity (Wildman–Crippen MR) is 133 cm³/mol. The van der Waals surface area contributed by atoms with Crippen LogP contribution in [0, 0.1) is 0 Å². The van der Waals surface area contributed by atoms with Crippen molar-refractivity contribution in [1.29, 1.82) is 0 Å². The number of amides is 1. The van der Waals surface area contributed by atoms with Crippen LogP contribution < -0.4 is 0 Å². The lowest BCUT2D eigenvalue weighted by Gasteiger charge is -2.33. The Labute approximate surface area is 217 Å². The second kappa shape index (κ2) is 11.7. The van der Waals surface area contributed by atoms with Crippen molar-refractivity contribution < 1.29 is 37.3 Å². The summed E-state index contributed by atoms with van der Waals surface area (Å²) < 4.78 is 53.9. The highest BCUT2D eigenvalue weighted by molar-refractivity contribution is 7.99. The molecule has 2 fully saturated rings. The molecule has 1 amide bonds. The van der Waals surface area contributed by atoms with Gasteiger partial charge in [-0.05, 0) is 42.5 Å². The lowest BCUT2D eigenvalue weighted by atomic mass is 9.96. The van der Waals surface area contributed by atoms with Gasteiger partial charge in [0.2, 0.25) is 0 Å². The average molecular weight is 536 g/mol. The second-order valence-corrected chi connectivity index (χ2v) is 10.3. The molecule has 0 radical (unpaired) electrons. The largest absolute Gasteiger partial charge is 0.480 e. The number of rotatable bonds is 7. The Balaban J connectivity index is 1.50. The van der Waals surface area contributed by atoms with E-state index in [1.165, 1.54) is 12.1 Å². The average Bonchev–Trinajstić information content (AvgIpc) is 2.88. The van der Waals surface area contributed by atoms with Crippen molar-refractivity contribution >= 4 is 29.2 Å². The molecule has 2 aliphatic rings. The molecule has 0 aliphatic carbocycles. The highest BCUT2D eigenvalue weighted by Gasteiger charge is 2.38. The van der Waals surface area contributed by atoms with E-state index in [-0.39, 0.29) is 36.8 Å². The third-order valence-electron chi connectivity index (χ3n) is 6.40. The minimum atomic E-state index is -4.75. The number of thioether (sulfide) groups is 1. The van der Waals surface area contributed by atoms with Crippen LogP contribution >= 0.6 is 11.8 Å². The maximum Gasteiger partial charge on any atom is 0.417 e. The maximum absolute atomic E-state index is 14.1. The zero-order valence-electron chi connectivity index (χ0n) is 20.1. The van der Waals surface area contributed by atoms with Crippen LogP contribution in [0.1, 0.15) is 36.0 Å². The van der Waals surface area contributed by atoms with Gasteiger partial charge in [0.1, 0.15) is 11.5 Å². The van der Waals surface area contributed by atoms with E-state index in [9.17, 15) is 27.9 Å². The van der Waals surface area contributed by atoms with Gasteiger partial charge in [-0.3, -0.25) is 4.79 Å². The molecule has 2 heterocycles. The van der Waals surface area contributed by atoms with Gasteiger partial charge in [-0.25, -0.2) is 4.79 Å². The van der Waals surface area contributed by atoms with Gasteiger partial charge in [0.15, 0.2) is 0 Å². The van der Waals surface area contributed by atoms with E-state index in [1.807, 2.05) is 30.3 Å². The van der Waals surface area contributed by atoms with Crippen LogP contribution in [0.3, 0.4) is 0 Å². The first kappa shape index (κ1) is 27.2. The Morgan fingerprint density at radius 3 is 2.57 bits per heavy atom. The second-order valence-electron chi connectivity index (χ2n) is 9.06. The van der Waals surface area contributed by atoms with E-state index in [0.717, 1.165) is 28.3 Å². The lowest BCUT2D eigenvalue weighted by molar-refractivity contribution is -0.149.